The van der Waals surface area contributed by atoms with Crippen LogP contribution in [0, 0.1) is 0 Å². The van der Waals surface area contributed by atoms with Gasteiger partial charge in [-0.25, -0.2) is 9.13 Å². The number of hydrogen-bond acceptors (Lipinski definition) is 15. The zero-order valence-corrected chi connectivity index (χ0v) is 63.9. The van der Waals surface area contributed by atoms with Crippen LogP contribution in [0.1, 0.15) is 285 Å². The Morgan fingerprint density at radius 3 is 0.890 bits per heavy atom. The number of unbranched alkanes of at least 4 members (excludes halogenated alkanes) is 21. The van der Waals surface area contributed by atoms with Crippen LogP contribution >= 0.6 is 15.6 Å². The van der Waals surface area contributed by atoms with Crippen LogP contribution in [0.25, 0.3) is 0 Å². The summed E-state index contributed by atoms with van der Waals surface area (Å²) in [6.45, 7) is 4.36. The first-order valence-corrected chi connectivity index (χ1v) is 41.1. The summed E-state index contributed by atoms with van der Waals surface area (Å²) >= 11 is 0. The number of aliphatic hydroxyl groups excluding tert-OH is 1. The van der Waals surface area contributed by atoms with Gasteiger partial charge in [0, 0.05) is 19.3 Å². The van der Waals surface area contributed by atoms with E-state index in [1.54, 1.807) is 6.08 Å². The van der Waals surface area contributed by atoms with Crippen molar-refractivity contribution in [1.82, 2.24) is 0 Å². The zero-order valence-electron chi connectivity index (χ0n) is 62.1. The molecule has 3 N–H and O–H groups in total. The SMILES string of the molecule is CC/C=C\C/C=C\C/C=C\C/C=C\C/C=C\CC(=O)OCC(COP(=O)(O)OCC(O)COP(=O)(O)OCC(COC(=O)CCCCCC/C=C\C/C=C\C/C=C\C/C=C\CC)OC(=O)CCCCCCCCCCCCCCC)OC(=O)CCCCCCC/C=C\C/C=C\C/C=C\CC. The summed E-state index contributed by atoms with van der Waals surface area (Å²) < 4.78 is 68.3. The number of allylic oxidation sites excluding steroid dienone is 23. The van der Waals surface area contributed by atoms with Crippen molar-refractivity contribution in [3.05, 3.63) is 146 Å². The molecule has 0 heterocycles. The van der Waals surface area contributed by atoms with E-state index >= 15 is 0 Å². The molecule has 0 saturated heterocycles. The third kappa shape index (κ3) is 71.3. The number of ether oxygens (including phenoxy) is 4. The molecule has 570 valence electrons. The number of carbonyl (C=O) groups excluding carboxylic acids is 4. The van der Waals surface area contributed by atoms with Crippen LogP contribution in [0.15, 0.2) is 146 Å². The van der Waals surface area contributed by atoms with Crippen molar-refractivity contribution >= 4 is 39.5 Å². The van der Waals surface area contributed by atoms with Gasteiger partial charge < -0.3 is 33.8 Å². The molecule has 0 aromatic rings. The Labute approximate surface area is 605 Å². The van der Waals surface area contributed by atoms with E-state index in [9.17, 15) is 43.2 Å². The zero-order chi connectivity index (χ0) is 73.2. The highest BCUT2D eigenvalue weighted by Gasteiger charge is 2.30. The van der Waals surface area contributed by atoms with Gasteiger partial charge in [0.2, 0.25) is 0 Å². The second-order valence-electron chi connectivity index (χ2n) is 24.8. The predicted octanol–water partition coefficient (Wildman–Crippen LogP) is 21.9. The van der Waals surface area contributed by atoms with Gasteiger partial charge in [0.15, 0.2) is 12.2 Å². The summed E-state index contributed by atoms with van der Waals surface area (Å²) in [6.07, 6.45) is 81.5. The number of hydrogen-bond donors (Lipinski definition) is 3. The molecule has 0 saturated carbocycles. The molecule has 0 spiro atoms. The minimum atomic E-state index is -5.00. The fourth-order valence-electron chi connectivity index (χ4n) is 9.65. The second-order valence-corrected chi connectivity index (χ2v) is 27.7. The van der Waals surface area contributed by atoms with Crippen LogP contribution in [0.4, 0.5) is 0 Å². The molecule has 5 unspecified atom stereocenters. The lowest BCUT2D eigenvalue weighted by Gasteiger charge is -2.21. The van der Waals surface area contributed by atoms with Crippen LogP contribution in [0.3, 0.4) is 0 Å². The van der Waals surface area contributed by atoms with Crippen molar-refractivity contribution in [1.29, 1.82) is 0 Å². The maximum absolute atomic E-state index is 13.1. The topological polar surface area (TPSA) is 237 Å². The molecule has 19 heteroatoms. The molecule has 0 aliphatic heterocycles. The van der Waals surface area contributed by atoms with Gasteiger partial charge in [0.1, 0.15) is 19.3 Å². The van der Waals surface area contributed by atoms with Crippen molar-refractivity contribution in [2.75, 3.05) is 39.6 Å². The average Bonchev–Trinajstić information content (AvgIpc) is 0.988. The fraction of sp³-hybridized carbons (Fsp3) is 0.654. The quantitative estimate of drug-likeness (QED) is 0.0169. The van der Waals surface area contributed by atoms with Gasteiger partial charge in [-0.15, -0.1) is 0 Å². The minimum absolute atomic E-state index is 0.0517. The van der Waals surface area contributed by atoms with Crippen molar-refractivity contribution in [3.8, 4) is 0 Å². The van der Waals surface area contributed by atoms with Gasteiger partial charge in [-0.05, 0) is 122 Å². The first kappa shape index (κ1) is 94.9. The van der Waals surface area contributed by atoms with Crippen LogP contribution in [0.2, 0.25) is 0 Å². The standard InChI is InChI=1S/C81H134O17P2/c1-5-9-13-17-21-25-29-33-36-37-40-43-46-50-54-58-62-66-79(84)92-71-76(97-80(85)67-63-59-55-51-47-41-32-28-24-20-16-12-8-4)73-95-99(87,88)93-69-75(82)70-94-100(89,90)96-74-77(98-81(86)68-64-60-56-52-48-44-39-35-31-27-23-19-15-11-7-3)72-91-78(83)65-61-57-53-49-45-42-38-34-30-26-22-18-14-10-6-2/h9-11,13-15,21-23,25-27,33-36,38-40,43,45,49,57,61,75-77,82H,5-8,12,16-20,24,28-32,37,41-42,44,46-48,50-56,58-60,62-74H2,1-4H3,(H,87,88)(H,89,90)/b13-9-,14-10-,15-11-,25-21-,26-22-,27-23-,36-33-,38-34-,39-35-,43-40-,49-45-,61-57-. The Bertz CT molecular complexity index is 2470. The van der Waals surface area contributed by atoms with E-state index in [0.29, 0.717) is 25.7 Å². The largest absolute Gasteiger partial charge is 0.472 e. The van der Waals surface area contributed by atoms with E-state index in [4.69, 9.17) is 37.0 Å². The molecule has 0 bridgehead atoms. The lowest BCUT2D eigenvalue weighted by molar-refractivity contribution is -0.161. The summed E-state index contributed by atoms with van der Waals surface area (Å²) in [7, 11) is -9.99. The fourth-order valence-corrected chi connectivity index (χ4v) is 11.2. The molecule has 0 amide bonds. The number of rotatable bonds is 70. The molecular formula is C81H134O17P2. The summed E-state index contributed by atoms with van der Waals surface area (Å²) in [6, 6.07) is 0. The molecule has 0 aliphatic carbocycles. The molecule has 100 heavy (non-hydrogen) atoms. The Hall–Kier alpha value is -5.06. The van der Waals surface area contributed by atoms with Gasteiger partial charge in [-0.2, -0.15) is 0 Å². The number of carbonyl (C=O) groups is 4. The Balaban J connectivity index is 5.45. The molecule has 0 aromatic carbocycles. The first-order chi connectivity index (χ1) is 48.7. The summed E-state index contributed by atoms with van der Waals surface area (Å²) in [5.74, 6) is -2.37. The van der Waals surface area contributed by atoms with E-state index in [0.717, 1.165) is 154 Å². The van der Waals surface area contributed by atoms with Crippen LogP contribution in [-0.2, 0) is 65.4 Å². The van der Waals surface area contributed by atoms with Crippen molar-refractivity contribution < 1.29 is 80.2 Å². The summed E-state index contributed by atoms with van der Waals surface area (Å²) in [5, 5.41) is 10.6. The monoisotopic (exact) mass is 1440 g/mol. The summed E-state index contributed by atoms with van der Waals surface area (Å²) in [4.78, 5) is 72.8. The van der Waals surface area contributed by atoms with Crippen LogP contribution in [-0.4, -0.2) is 96.7 Å². The Morgan fingerprint density at radius 2 is 0.560 bits per heavy atom. The van der Waals surface area contributed by atoms with Gasteiger partial charge in [0.25, 0.3) is 0 Å². The third-order valence-corrected chi connectivity index (χ3v) is 17.2. The molecule has 17 nitrogen and oxygen atoms in total. The molecule has 0 rings (SSSR count). The van der Waals surface area contributed by atoms with Crippen molar-refractivity contribution in [2.24, 2.45) is 0 Å². The van der Waals surface area contributed by atoms with Crippen molar-refractivity contribution in [2.45, 2.75) is 303 Å². The second kappa shape index (κ2) is 72.3. The molecule has 0 fully saturated rings. The smallest absolute Gasteiger partial charge is 0.462 e. The normalized spacial score (nSPS) is 14.8. The van der Waals surface area contributed by atoms with E-state index in [1.165, 1.54) is 51.4 Å². The summed E-state index contributed by atoms with van der Waals surface area (Å²) in [5.41, 5.74) is 0. The molecule has 5 atom stereocenters. The molecule has 0 radical (unpaired) electrons. The van der Waals surface area contributed by atoms with E-state index < -0.39 is 97.5 Å². The molecule has 0 aromatic heterocycles. The number of aliphatic hydroxyl groups is 1. The average molecular weight is 1440 g/mol. The van der Waals surface area contributed by atoms with Crippen LogP contribution in [0.5, 0.6) is 0 Å². The number of phosphoric acid groups is 2. The minimum Gasteiger partial charge on any atom is -0.462 e. The number of phosphoric ester groups is 2. The van der Waals surface area contributed by atoms with E-state index in [1.807, 2.05) is 18.2 Å². The maximum Gasteiger partial charge on any atom is 0.472 e. The molecule has 0 aliphatic rings. The van der Waals surface area contributed by atoms with Gasteiger partial charge >= 0.3 is 39.5 Å². The van der Waals surface area contributed by atoms with E-state index in [-0.39, 0.29) is 25.7 Å². The molecular weight excluding hydrogens is 1310 g/mol. The van der Waals surface area contributed by atoms with Crippen molar-refractivity contribution in [3.63, 3.8) is 0 Å². The maximum atomic E-state index is 13.1. The highest BCUT2D eigenvalue weighted by molar-refractivity contribution is 7.47. The highest BCUT2D eigenvalue weighted by Crippen LogP contribution is 2.45. The van der Waals surface area contributed by atoms with Gasteiger partial charge in [-0.1, -0.05) is 283 Å². The van der Waals surface area contributed by atoms with Crippen LogP contribution < -0.4 is 0 Å². The lowest BCUT2D eigenvalue weighted by atomic mass is 10.0. The Morgan fingerprint density at radius 1 is 0.300 bits per heavy atom. The third-order valence-electron chi connectivity index (χ3n) is 15.3. The van der Waals surface area contributed by atoms with Gasteiger partial charge in [0.05, 0.1) is 32.8 Å². The Kier molecular flexibility index (Phi) is 68.6. The van der Waals surface area contributed by atoms with Gasteiger partial charge in [-0.3, -0.25) is 37.3 Å². The predicted molar refractivity (Wildman–Crippen MR) is 408 cm³/mol. The van der Waals surface area contributed by atoms with E-state index in [2.05, 4.69) is 149 Å². The first-order valence-electron chi connectivity index (χ1n) is 38.1. The number of esters is 4. The highest BCUT2D eigenvalue weighted by atomic mass is 31.2. The lowest BCUT2D eigenvalue weighted by Crippen LogP contribution is -2.30.